The zero-order valence-electron chi connectivity index (χ0n) is 16.6. The van der Waals surface area contributed by atoms with Gasteiger partial charge in [0.05, 0.1) is 10.6 Å². The van der Waals surface area contributed by atoms with Crippen LogP contribution in [0.3, 0.4) is 0 Å². The monoisotopic (exact) mass is 404 g/mol. The van der Waals surface area contributed by atoms with Crippen LogP contribution in [0.1, 0.15) is 24.0 Å². The number of carbonyl (C=O) groups is 1. The lowest BCUT2D eigenvalue weighted by Crippen LogP contribution is -2.35. The third-order valence-electron chi connectivity index (χ3n) is 4.32. The SMILES string of the molecule is COCCCNC(=O)CCN(c1ccc(C)cc1)S(=O)(=O)c1ccc(C)cc1. The van der Waals surface area contributed by atoms with Crippen molar-refractivity contribution < 1.29 is 17.9 Å². The summed E-state index contributed by atoms with van der Waals surface area (Å²) >= 11 is 0. The first-order valence-electron chi connectivity index (χ1n) is 9.26. The molecule has 2 aromatic rings. The summed E-state index contributed by atoms with van der Waals surface area (Å²) in [5.74, 6) is -0.188. The average Bonchev–Trinajstić information content (AvgIpc) is 2.67. The molecule has 0 atom stereocenters. The summed E-state index contributed by atoms with van der Waals surface area (Å²) < 4.78 is 32.7. The second kappa shape index (κ2) is 10.2. The predicted octanol–water partition coefficient (Wildman–Crippen LogP) is 3.04. The number of hydrogen-bond donors (Lipinski definition) is 1. The second-order valence-electron chi connectivity index (χ2n) is 6.67. The second-order valence-corrected chi connectivity index (χ2v) is 8.53. The maximum atomic E-state index is 13.2. The first-order chi connectivity index (χ1) is 13.3. The molecule has 0 spiro atoms. The fourth-order valence-corrected chi connectivity index (χ4v) is 4.14. The van der Waals surface area contributed by atoms with E-state index < -0.39 is 10.0 Å². The number of ether oxygens (including phenoxy) is 1. The van der Waals surface area contributed by atoms with E-state index in [1.165, 1.54) is 4.31 Å². The Morgan fingerprint density at radius 1 is 1.00 bits per heavy atom. The minimum absolute atomic E-state index is 0.0649. The molecule has 0 aliphatic heterocycles. The zero-order chi connectivity index (χ0) is 20.6. The van der Waals surface area contributed by atoms with E-state index in [0.29, 0.717) is 25.3 Å². The van der Waals surface area contributed by atoms with Crippen molar-refractivity contribution in [2.45, 2.75) is 31.6 Å². The molecule has 6 nitrogen and oxygen atoms in total. The fraction of sp³-hybridized carbons (Fsp3) is 0.381. The van der Waals surface area contributed by atoms with Crippen molar-refractivity contribution in [2.75, 3.05) is 31.1 Å². The molecular formula is C21H28N2O4S. The Hall–Kier alpha value is -2.38. The molecule has 28 heavy (non-hydrogen) atoms. The van der Waals surface area contributed by atoms with Crippen LogP contribution in [0, 0.1) is 13.8 Å². The largest absolute Gasteiger partial charge is 0.385 e. The van der Waals surface area contributed by atoms with Gasteiger partial charge in [-0.25, -0.2) is 8.42 Å². The quantitative estimate of drug-likeness (QED) is 0.618. The predicted molar refractivity (Wildman–Crippen MR) is 111 cm³/mol. The summed E-state index contributed by atoms with van der Waals surface area (Å²) in [6.45, 7) is 4.98. The summed E-state index contributed by atoms with van der Waals surface area (Å²) in [5, 5.41) is 2.79. The Bertz CT molecular complexity index is 862. The Morgan fingerprint density at radius 2 is 1.57 bits per heavy atom. The molecule has 0 saturated heterocycles. The third-order valence-corrected chi connectivity index (χ3v) is 6.16. The fourth-order valence-electron chi connectivity index (χ4n) is 2.67. The lowest BCUT2D eigenvalue weighted by molar-refractivity contribution is -0.120. The number of anilines is 1. The standard InChI is InChI=1S/C21H28N2O4S/c1-17-5-9-19(10-6-17)23(15-13-21(24)22-14-4-16-27-3)28(25,26)20-11-7-18(2)8-12-20/h5-12H,4,13-16H2,1-3H3,(H,22,24). The minimum atomic E-state index is -3.78. The van der Waals surface area contributed by atoms with Gasteiger partial charge in [0.25, 0.3) is 10.0 Å². The maximum Gasteiger partial charge on any atom is 0.264 e. The number of rotatable bonds is 10. The number of sulfonamides is 1. The summed E-state index contributed by atoms with van der Waals surface area (Å²) in [6.07, 6.45) is 0.789. The van der Waals surface area contributed by atoms with Gasteiger partial charge in [-0.05, 0) is 44.5 Å². The number of nitrogens with one attached hydrogen (secondary N) is 1. The Balaban J connectivity index is 2.19. The van der Waals surface area contributed by atoms with E-state index in [-0.39, 0.29) is 23.8 Å². The Labute approximate surface area is 167 Å². The molecule has 152 valence electrons. The molecule has 2 rings (SSSR count). The molecule has 1 amide bonds. The molecule has 0 unspecified atom stereocenters. The van der Waals surface area contributed by atoms with Crippen LogP contribution in [0.2, 0.25) is 0 Å². The molecule has 0 bridgehead atoms. The van der Waals surface area contributed by atoms with Gasteiger partial charge >= 0.3 is 0 Å². The van der Waals surface area contributed by atoms with Crippen molar-refractivity contribution in [3.05, 3.63) is 59.7 Å². The van der Waals surface area contributed by atoms with Crippen molar-refractivity contribution in [1.82, 2.24) is 5.32 Å². The van der Waals surface area contributed by atoms with Gasteiger partial charge in [-0.2, -0.15) is 0 Å². The summed E-state index contributed by atoms with van der Waals surface area (Å²) in [6, 6.07) is 14.0. The van der Waals surface area contributed by atoms with Gasteiger partial charge in [0.15, 0.2) is 0 Å². The van der Waals surface area contributed by atoms with E-state index in [2.05, 4.69) is 5.32 Å². The summed E-state index contributed by atoms with van der Waals surface area (Å²) in [4.78, 5) is 12.3. The molecule has 0 aliphatic carbocycles. The highest BCUT2D eigenvalue weighted by Crippen LogP contribution is 2.24. The highest BCUT2D eigenvalue weighted by molar-refractivity contribution is 7.92. The van der Waals surface area contributed by atoms with Crippen LogP contribution >= 0.6 is 0 Å². The van der Waals surface area contributed by atoms with Crippen LogP contribution in [0.25, 0.3) is 0 Å². The first kappa shape index (κ1) is 21.9. The zero-order valence-corrected chi connectivity index (χ0v) is 17.5. The van der Waals surface area contributed by atoms with Crippen LogP contribution in [-0.2, 0) is 19.6 Å². The number of nitrogens with zero attached hydrogens (tertiary/aromatic N) is 1. The van der Waals surface area contributed by atoms with Gasteiger partial charge in [-0.15, -0.1) is 0 Å². The lowest BCUT2D eigenvalue weighted by Gasteiger charge is -2.24. The molecule has 1 N–H and O–H groups in total. The highest BCUT2D eigenvalue weighted by Gasteiger charge is 2.25. The van der Waals surface area contributed by atoms with Gasteiger partial charge < -0.3 is 10.1 Å². The van der Waals surface area contributed by atoms with Gasteiger partial charge in [-0.1, -0.05) is 35.4 Å². The highest BCUT2D eigenvalue weighted by atomic mass is 32.2. The van der Waals surface area contributed by atoms with Gasteiger partial charge in [-0.3, -0.25) is 9.10 Å². The van der Waals surface area contributed by atoms with Crippen LogP contribution in [0.5, 0.6) is 0 Å². The van der Waals surface area contributed by atoms with E-state index >= 15 is 0 Å². The van der Waals surface area contributed by atoms with Crippen LogP contribution in [0.4, 0.5) is 5.69 Å². The van der Waals surface area contributed by atoms with Crippen LogP contribution in [0.15, 0.2) is 53.4 Å². The molecule has 2 aromatic carbocycles. The molecule has 0 radical (unpaired) electrons. The Kier molecular flexibility index (Phi) is 8.02. The van der Waals surface area contributed by atoms with E-state index in [4.69, 9.17) is 4.74 Å². The topological polar surface area (TPSA) is 75.7 Å². The molecule has 0 aliphatic rings. The number of amides is 1. The lowest BCUT2D eigenvalue weighted by atomic mass is 10.2. The number of aryl methyl sites for hydroxylation is 2. The molecule has 0 heterocycles. The van der Waals surface area contributed by atoms with Crippen molar-refractivity contribution in [1.29, 1.82) is 0 Å². The maximum absolute atomic E-state index is 13.2. The Morgan fingerprint density at radius 3 is 2.14 bits per heavy atom. The van der Waals surface area contributed by atoms with Gasteiger partial charge in [0, 0.05) is 33.2 Å². The van der Waals surface area contributed by atoms with E-state index in [9.17, 15) is 13.2 Å². The van der Waals surface area contributed by atoms with Gasteiger partial charge in [0.2, 0.25) is 5.91 Å². The van der Waals surface area contributed by atoms with Crippen molar-refractivity contribution >= 4 is 21.6 Å². The van der Waals surface area contributed by atoms with E-state index in [1.54, 1.807) is 43.5 Å². The van der Waals surface area contributed by atoms with Crippen molar-refractivity contribution in [2.24, 2.45) is 0 Å². The average molecular weight is 405 g/mol. The third kappa shape index (κ3) is 6.07. The molecule has 0 aromatic heterocycles. The van der Waals surface area contributed by atoms with E-state index in [0.717, 1.165) is 11.1 Å². The van der Waals surface area contributed by atoms with Crippen LogP contribution < -0.4 is 9.62 Å². The number of benzene rings is 2. The summed E-state index contributed by atoms with van der Waals surface area (Å²) in [5.41, 5.74) is 2.56. The van der Waals surface area contributed by atoms with Crippen LogP contribution in [-0.4, -0.2) is 41.1 Å². The number of methoxy groups -OCH3 is 1. The minimum Gasteiger partial charge on any atom is -0.385 e. The van der Waals surface area contributed by atoms with Gasteiger partial charge in [0.1, 0.15) is 0 Å². The number of carbonyl (C=O) groups excluding carboxylic acids is 1. The smallest absolute Gasteiger partial charge is 0.264 e. The first-order valence-corrected chi connectivity index (χ1v) is 10.7. The molecule has 0 fully saturated rings. The molecule has 7 heteroatoms. The number of hydrogen-bond acceptors (Lipinski definition) is 4. The summed E-state index contributed by atoms with van der Waals surface area (Å²) in [7, 11) is -2.17. The van der Waals surface area contributed by atoms with E-state index in [1.807, 2.05) is 26.0 Å². The molecular weight excluding hydrogens is 376 g/mol. The molecule has 0 saturated carbocycles. The normalized spacial score (nSPS) is 11.2. The van der Waals surface area contributed by atoms with Crippen molar-refractivity contribution in [3.8, 4) is 0 Å². The van der Waals surface area contributed by atoms with Crippen molar-refractivity contribution in [3.63, 3.8) is 0 Å².